The minimum atomic E-state index is -1.23. The number of aryl methyl sites for hydroxylation is 1. The number of fused-ring (bicyclic) bond motifs is 1. The van der Waals surface area contributed by atoms with Crippen molar-refractivity contribution in [3.05, 3.63) is 57.6 Å². The van der Waals surface area contributed by atoms with Crippen LogP contribution in [0.2, 0.25) is 0 Å². The highest BCUT2D eigenvalue weighted by atomic mass is 32.1. The second kappa shape index (κ2) is 13.3. The van der Waals surface area contributed by atoms with Gasteiger partial charge in [0.1, 0.15) is 11.9 Å². The van der Waals surface area contributed by atoms with E-state index in [0.29, 0.717) is 12.5 Å². The summed E-state index contributed by atoms with van der Waals surface area (Å²) in [6.45, 7) is 11.8. The van der Waals surface area contributed by atoms with Crippen molar-refractivity contribution in [2.24, 2.45) is 17.3 Å². The summed E-state index contributed by atoms with van der Waals surface area (Å²) in [5.74, 6) is -1.49. The highest BCUT2D eigenvalue weighted by molar-refractivity contribution is 7.09. The first-order chi connectivity index (χ1) is 19.4. The average molecular weight is 583 g/mol. The molecule has 0 radical (unpaired) electrons. The number of nitrogens with zero attached hydrogens (tertiary/aromatic N) is 2. The number of ketones is 1. The van der Waals surface area contributed by atoms with Crippen LogP contribution in [0.1, 0.15) is 83.0 Å². The van der Waals surface area contributed by atoms with Crippen molar-refractivity contribution >= 4 is 29.2 Å². The number of hydrogen-bond donors (Lipinski definition) is 2. The number of carbonyl (C=O) groups is 2. The van der Waals surface area contributed by atoms with Gasteiger partial charge in [0.05, 0.1) is 34.7 Å². The Morgan fingerprint density at radius 3 is 2.51 bits per heavy atom. The number of benzene rings is 1. The summed E-state index contributed by atoms with van der Waals surface area (Å²) in [5.41, 5.74) is 1.79. The molecule has 0 spiro atoms. The van der Waals surface area contributed by atoms with Crippen LogP contribution in [0.3, 0.4) is 0 Å². The molecule has 2 N–H and O–H groups in total. The predicted molar refractivity (Wildman–Crippen MR) is 162 cm³/mol. The minimum absolute atomic E-state index is 0.0565. The van der Waals surface area contributed by atoms with Gasteiger partial charge in [-0.25, -0.2) is 4.98 Å². The van der Waals surface area contributed by atoms with E-state index in [2.05, 4.69) is 34.1 Å². The molecule has 0 amide bonds. The van der Waals surface area contributed by atoms with Crippen LogP contribution in [-0.4, -0.2) is 62.2 Å². The fraction of sp³-hybridized carbons (Fsp3) is 0.606. The SMILES string of the molecule is C/C(=C\c1csc(C)n1)[C@@H]1C[C@H]2C(CCCC(C)[C@H](O)[C@@H](C)C(=O)C(C)(C)[C@@H](O)CC(=O)O1)N2Cc1ccccc1. The Morgan fingerprint density at radius 1 is 1.15 bits per heavy atom. The standard InChI is InChI=1S/C33H46N2O5S/c1-20-11-10-14-26-27(35(26)18-24-12-8-7-9-13-24)16-28(21(2)15-25-19-41-23(4)34-25)40-30(37)17-29(36)33(5,6)32(39)22(3)31(20)38/h7-9,12-13,15,19-20,22,26-29,31,36,38H,10-11,14,16-18H2,1-6H3/b21-15+/t20?,22-,26?,27+,28+,29+,31+,35?/m1/s1. The van der Waals surface area contributed by atoms with E-state index in [9.17, 15) is 19.8 Å². The van der Waals surface area contributed by atoms with Gasteiger partial charge in [0, 0.05) is 36.3 Å². The topological polar surface area (TPSA) is 99.7 Å². The van der Waals surface area contributed by atoms with Gasteiger partial charge >= 0.3 is 5.97 Å². The molecule has 2 aliphatic heterocycles. The Hall–Kier alpha value is -2.39. The third-order valence-electron chi connectivity index (χ3n) is 9.16. The van der Waals surface area contributed by atoms with Crippen molar-refractivity contribution in [1.29, 1.82) is 0 Å². The number of esters is 1. The fourth-order valence-corrected chi connectivity index (χ4v) is 6.80. The highest BCUT2D eigenvalue weighted by Gasteiger charge is 2.48. The molecule has 2 saturated heterocycles. The van der Waals surface area contributed by atoms with Crippen LogP contribution >= 0.6 is 11.3 Å². The van der Waals surface area contributed by atoms with E-state index in [4.69, 9.17) is 4.74 Å². The molecule has 8 heteroatoms. The lowest BCUT2D eigenvalue weighted by molar-refractivity contribution is -0.154. The monoisotopic (exact) mass is 582 g/mol. The highest BCUT2D eigenvalue weighted by Crippen LogP contribution is 2.40. The maximum Gasteiger partial charge on any atom is 0.309 e. The van der Waals surface area contributed by atoms with Crippen LogP contribution in [0.5, 0.6) is 0 Å². The Morgan fingerprint density at radius 2 is 1.85 bits per heavy atom. The van der Waals surface area contributed by atoms with E-state index >= 15 is 0 Å². The van der Waals surface area contributed by atoms with Crippen molar-refractivity contribution in [1.82, 2.24) is 9.88 Å². The Kier molecular flexibility index (Phi) is 10.2. The van der Waals surface area contributed by atoms with Gasteiger partial charge in [-0.15, -0.1) is 11.3 Å². The Bertz CT molecular complexity index is 1230. The van der Waals surface area contributed by atoms with E-state index in [1.165, 1.54) is 5.56 Å². The molecular formula is C33H46N2O5S. The normalized spacial score (nSPS) is 33.6. The Labute approximate surface area is 248 Å². The predicted octanol–water partition coefficient (Wildman–Crippen LogP) is 5.57. The summed E-state index contributed by atoms with van der Waals surface area (Å²) in [4.78, 5) is 33.7. The van der Waals surface area contributed by atoms with E-state index < -0.39 is 35.6 Å². The van der Waals surface area contributed by atoms with E-state index in [1.807, 2.05) is 38.3 Å². The third kappa shape index (κ3) is 7.72. The number of thiazole rings is 1. The van der Waals surface area contributed by atoms with Crippen molar-refractivity contribution in [2.45, 2.75) is 111 Å². The van der Waals surface area contributed by atoms with Crippen molar-refractivity contribution < 1.29 is 24.5 Å². The van der Waals surface area contributed by atoms with Gasteiger partial charge in [-0.3, -0.25) is 14.5 Å². The molecule has 2 aromatic rings. The summed E-state index contributed by atoms with van der Waals surface area (Å²) < 4.78 is 6.07. The molecule has 41 heavy (non-hydrogen) atoms. The first kappa shape index (κ1) is 31.5. The molecule has 2 fully saturated rings. The number of carbonyl (C=O) groups excluding carboxylic acids is 2. The lowest BCUT2D eigenvalue weighted by atomic mass is 9.73. The van der Waals surface area contributed by atoms with Gasteiger partial charge in [0.15, 0.2) is 0 Å². The summed E-state index contributed by atoms with van der Waals surface area (Å²) in [6.07, 6.45) is 2.52. The van der Waals surface area contributed by atoms with E-state index in [1.54, 1.807) is 32.1 Å². The lowest BCUT2D eigenvalue weighted by Crippen LogP contribution is -2.45. The zero-order valence-corrected chi connectivity index (χ0v) is 26.1. The van der Waals surface area contributed by atoms with Crippen LogP contribution < -0.4 is 0 Å². The molecule has 224 valence electrons. The third-order valence-corrected chi connectivity index (χ3v) is 9.95. The van der Waals surface area contributed by atoms with Crippen LogP contribution in [-0.2, 0) is 20.9 Å². The van der Waals surface area contributed by atoms with E-state index in [-0.39, 0.29) is 24.2 Å². The quantitative estimate of drug-likeness (QED) is 0.359. The largest absolute Gasteiger partial charge is 0.458 e. The number of rotatable bonds is 4. The maximum absolute atomic E-state index is 13.4. The molecule has 0 bridgehead atoms. The number of aliphatic hydroxyl groups is 2. The number of hydrogen-bond acceptors (Lipinski definition) is 8. The average Bonchev–Trinajstić information content (AvgIpc) is 3.38. The molecule has 0 saturated carbocycles. The van der Waals surface area contributed by atoms with Crippen LogP contribution in [0, 0.1) is 24.2 Å². The van der Waals surface area contributed by atoms with Gasteiger partial charge in [-0.05, 0) is 49.8 Å². The number of aliphatic hydroxyl groups excluding tert-OH is 2. The summed E-state index contributed by atoms with van der Waals surface area (Å²) in [6, 6.07) is 11.0. The second-order valence-corrected chi connectivity index (χ2v) is 13.7. The number of ether oxygens (including phenoxy) is 1. The molecule has 7 nitrogen and oxygen atoms in total. The van der Waals surface area contributed by atoms with Crippen molar-refractivity contribution in [2.75, 3.05) is 0 Å². The van der Waals surface area contributed by atoms with Crippen molar-refractivity contribution in [3.63, 3.8) is 0 Å². The fourth-order valence-electron chi connectivity index (χ4n) is 6.23. The van der Waals surface area contributed by atoms with E-state index in [0.717, 1.165) is 42.1 Å². The number of cyclic esters (lactones) is 1. The molecule has 3 unspecified atom stereocenters. The van der Waals surface area contributed by atoms with Gasteiger partial charge in [-0.1, -0.05) is 64.4 Å². The Balaban J connectivity index is 1.62. The molecule has 0 aliphatic carbocycles. The number of aromatic nitrogens is 1. The minimum Gasteiger partial charge on any atom is -0.458 e. The molecule has 1 aromatic heterocycles. The summed E-state index contributed by atoms with van der Waals surface area (Å²) in [7, 11) is 0. The van der Waals surface area contributed by atoms with Gasteiger partial charge in [0.25, 0.3) is 0 Å². The lowest BCUT2D eigenvalue weighted by Gasteiger charge is -2.34. The van der Waals surface area contributed by atoms with Gasteiger partial charge in [0.2, 0.25) is 0 Å². The molecular weight excluding hydrogens is 536 g/mol. The zero-order chi connectivity index (χ0) is 29.9. The summed E-state index contributed by atoms with van der Waals surface area (Å²) in [5, 5.41) is 25.0. The molecule has 2 aliphatic rings. The van der Waals surface area contributed by atoms with Crippen LogP contribution in [0.25, 0.3) is 6.08 Å². The first-order valence-electron chi connectivity index (χ1n) is 14.9. The van der Waals surface area contributed by atoms with Crippen LogP contribution in [0.15, 0.2) is 41.3 Å². The molecule has 3 heterocycles. The number of Topliss-reactive ketones (excluding diaryl/α,β-unsaturated/α-hetero) is 1. The smallest absolute Gasteiger partial charge is 0.309 e. The van der Waals surface area contributed by atoms with Gasteiger partial charge < -0.3 is 14.9 Å². The van der Waals surface area contributed by atoms with Crippen molar-refractivity contribution in [3.8, 4) is 0 Å². The van der Waals surface area contributed by atoms with Gasteiger partial charge in [-0.2, -0.15) is 0 Å². The first-order valence-corrected chi connectivity index (χ1v) is 15.8. The van der Waals surface area contributed by atoms with Crippen LogP contribution in [0.4, 0.5) is 0 Å². The maximum atomic E-state index is 13.4. The molecule has 8 atom stereocenters. The summed E-state index contributed by atoms with van der Waals surface area (Å²) >= 11 is 1.58. The zero-order valence-electron chi connectivity index (χ0n) is 25.2. The molecule has 4 rings (SSSR count). The second-order valence-electron chi connectivity index (χ2n) is 12.7. The molecule has 1 aromatic carbocycles.